The highest BCUT2D eigenvalue weighted by Gasteiger charge is 2.23. The summed E-state index contributed by atoms with van der Waals surface area (Å²) in [5, 5.41) is 2.68. The second-order valence-electron chi connectivity index (χ2n) is 6.88. The predicted octanol–water partition coefficient (Wildman–Crippen LogP) is 1.28. The molecule has 0 fully saturated rings. The molecule has 1 aromatic carbocycles. The van der Waals surface area contributed by atoms with Crippen molar-refractivity contribution >= 4 is 6.09 Å². The number of alkyl carbamates (subject to hydrolysis) is 1. The molecule has 3 rings (SSSR count). The van der Waals surface area contributed by atoms with Crippen molar-refractivity contribution in [1.29, 1.82) is 0 Å². The van der Waals surface area contributed by atoms with E-state index in [-0.39, 0.29) is 6.61 Å². The first kappa shape index (κ1) is 22.2. The number of ether oxygens (including phenoxy) is 4. The van der Waals surface area contributed by atoms with Gasteiger partial charge >= 0.3 is 11.8 Å². The van der Waals surface area contributed by atoms with Crippen molar-refractivity contribution in [2.45, 2.75) is 25.7 Å². The summed E-state index contributed by atoms with van der Waals surface area (Å²) >= 11 is 0. The smallest absolute Gasteiger partial charge is 0.407 e. The Bertz CT molecular complexity index is 1070. The first-order valence-electron chi connectivity index (χ1n) is 9.68. The van der Waals surface area contributed by atoms with E-state index in [4.69, 9.17) is 18.9 Å². The van der Waals surface area contributed by atoms with Gasteiger partial charge in [-0.2, -0.15) is 0 Å². The summed E-state index contributed by atoms with van der Waals surface area (Å²) < 4.78 is 22.7. The Hall–Kier alpha value is -3.53. The van der Waals surface area contributed by atoms with Crippen LogP contribution in [-0.2, 0) is 15.9 Å². The molecule has 2 atom stereocenters. The number of rotatable bonds is 8. The summed E-state index contributed by atoms with van der Waals surface area (Å²) in [5.74, 6) is 1.41. The van der Waals surface area contributed by atoms with Crippen molar-refractivity contribution in [2.24, 2.45) is 0 Å². The maximum atomic E-state index is 12.0. The van der Waals surface area contributed by atoms with E-state index in [2.05, 4.69) is 10.3 Å². The predicted molar refractivity (Wildman–Crippen MR) is 112 cm³/mol. The summed E-state index contributed by atoms with van der Waals surface area (Å²) in [7, 11) is 3.16. The van der Waals surface area contributed by atoms with Crippen molar-refractivity contribution < 1.29 is 23.7 Å². The van der Waals surface area contributed by atoms with Crippen molar-refractivity contribution in [1.82, 2.24) is 14.9 Å². The molecule has 0 saturated heterocycles. The number of carbonyl (C=O) groups excluding carboxylic acids is 1. The van der Waals surface area contributed by atoms with Gasteiger partial charge in [-0.05, 0) is 43.2 Å². The molecule has 166 valence electrons. The van der Waals surface area contributed by atoms with Crippen LogP contribution in [0.3, 0.4) is 0 Å². The van der Waals surface area contributed by atoms with E-state index in [1.165, 1.54) is 10.8 Å². The Balaban J connectivity index is 1.45. The van der Waals surface area contributed by atoms with Gasteiger partial charge < -0.3 is 24.3 Å². The van der Waals surface area contributed by atoms with Gasteiger partial charge in [-0.15, -0.1) is 0 Å². The van der Waals surface area contributed by atoms with E-state index in [0.29, 0.717) is 30.0 Å². The topological polar surface area (TPSA) is 121 Å². The van der Waals surface area contributed by atoms with E-state index in [1.807, 2.05) is 12.1 Å². The number of benzene rings is 1. The number of methoxy groups -OCH3 is 2. The monoisotopic (exact) mass is 431 g/mol. The fourth-order valence-electron chi connectivity index (χ4n) is 3.10. The van der Waals surface area contributed by atoms with Crippen molar-refractivity contribution in [3.05, 3.63) is 68.5 Å². The van der Waals surface area contributed by atoms with E-state index in [9.17, 15) is 14.4 Å². The summed E-state index contributed by atoms with van der Waals surface area (Å²) in [6.07, 6.45) is 3.56. The SMILES string of the molecule is COc1ccc(OC)c(CCNC(=O)OC[C@@H]2C=C[C@H](n3cc(C)c(=O)[nH]c3=O)O2)c1. The van der Waals surface area contributed by atoms with E-state index >= 15 is 0 Å². The van der Waals surface area contributed by atoms with E-state index < -0.39 is 29.7 Å². The average molecular weight is 431 g/mol. The second kappa shape index (κ2) is 9.98. The lowest BCUT2D eigenvalue weighted by molar-refractivity contribution is -0.0149. The number of hydrogen-bond donors (Lipinski definition) is 2. The van der Waals surface area contributed by atoms with Crippen LogP contribution < -0.4 is 26.0 Å². The number of carbonyl (C=O) groups is 1. The normalized spacial score (nSPS) is 17.4. The van der Waals surface area contributed by atoms with Gasteiger partial charge in [0, 0.05) is 18.3 Å². The largest absolute Gasteiger partial charge is 0.497 e. The lowest BCUT2D eigenvalue weighted by Gasteiger charge is -2.16. The Morgan fingerprint density at radius 3 is 2.77 bits per heavy atom. The average Bonchev–Trinajstić information content (AvgIpc) is 3.23. The van der Waals surface area contributed by atoms with Gasteiger partial charge in [0.2, 0.25) is 0 Å². The molecule has 0 spiro atoms. The molecule has 1 aromatic heterocycles. The van der Waals surface area contributed by atoms with Crippen LogP contribution >= 0.6 is 0 Å². The van der Waals surface area contributed by atoms with E-state index in [0.717, 1.165) is 5.56 Å². The molecule has 2 heterocycles. The van der Waals surface area contributed by atoms with E-state index in [1.54, 1.807) is 39.4 Å². The Labute approximate surface area is 178 Å². The molecule has 0 aliphatic carbocycles. The van der Waals surface area contributed by atoms with Gasteiger partial charge in [0.15, 0.2) is 6.23 Å². The van der Waals surface area contributed by atoms with Gasteiger partial charge in [-0.3, -0.25) is 14.3 Å². The van der Waals surface area contributed by atoms with Crippen LogP contribution in [0.25, 0.3) is 0 Å². The molecule has 0 unspecified atom stereocenters. The quantitative estimate of drug-likeness (QED) is 0.604. The molecular weight excluding hydrogens is 406 g/mol. The first-order chi connectivity index (χ1) is 14.9. The molecular formula is C21H25N3O7. The standard InChI is InChI=1S/C21H25N3O7/c1-13-11-24(20(26)23-19(13)25)18-7-5-16(31-18)12-30-21(27)22-9-8-14-10-15(28-2)4-6-17(14)29-3/h4-7,10-11,16,18H,8-9,12H2,1-3H3,(H,22,27)(H,23,25,26)/t16-,18+/m0/s1. The van der Waals surface area contributed by atoms with Crippen molar-refractivity contribution in [2.75, 3.05) is 27.4 Å². The molecule has 31 heavy (non-hydrogen) atoms. The van der Waals surface area contributed by atoms with Crippen LogP contribution in [0.15, 0.2) is 46.1 Å². The number of nitrogens with zero attached hydrogens (tertiary/aromatic N) is 1. The van der Waals surface area contributed by atoms with Crippen LogP contribution in [0.4, 0.5) is 4.79 Å². The summed E-state index contributed by atoms with van der Waals surface area (Å²) in [4.78, 5) is 37.7. The zero-order valence-electron chi connectivity index (χ0n) is 17.5. The maximum Gasteiger partial charge on any atom is 0.407 e. The van der Waals surface area contributed by atoms with Crippen LogP contribution in [-0.4, -0.2) is 49.1 Å². The molecule has 10 heteroatoms. The Morgan fingerprint density at radius 1 is 1.23 bits per heavy atom. The molecule has 1 amide bonds. The molecule has 0 bridgehead atoms. The lowest BCUT2D eigenvalue weighted by Crippen LogP contribution is -2.34. The third-order valence-corrected chi connectivity index (χ3v) is 4.75. The Morgan fingerprint density at radius 2 is 2.03 bits per heavy atom. The minimum Gasteiger partial charge on any atom is -0.497 e. The molecule has 1 aliphatic heterocycles. The molecule has 1 aliphatic rings. The Kier molecular flexibility index (Phi) is 7.14. The lowest BCUT2D eigenvalue weighted by atomic mass is 10.1. The fraction of sp³-hybridized carbons (Fsp3) is 0.381. The van der Waals surface area contributed by atoms with Crippen LogP contribution in [0.2, 0.25) is 0 Å². The number of hydrogen-bond acceptors (Lipinski definition) is 7. The van der Waals surface area contributed by atoms with Gasteiger partial charge in [-0.25, -0.2) is 9.59 Å². The third kappa shape index (κ3) is 5.54. The second-order valence-corrected chi connectivity index (χ2v) is 6.88. The summed E-state index contributed by atoms with van der Waals surface area (Å²) in [6.45, 7) is 1.93. The first-order valence-corrected chi connectivity index (χ1v) is 9.68. The third-order valence-electron chi connectivity index (χ3n) is 4.75. The zero-order chi connectivity index (χ0) is 22.4. The van der Waals surface area contributed by atoms with Gasteiger partial charge in [0.25, 0.3) is 5.56 Å². The highest BCUT2D eigenvalue weighted by atomic mass is 16.6. The van der Waals surface area contributed by atoms with Crippen LogP contribution in [0.1, 0.15) is 17.4 Å². The van der Waals surface area contributed by atoms with Gasteiger partial charge in [-0.1, -0.05) is 6.08 Å². The van der Waals surface area contributed by atoms with Crippen molar-refractivity contribution in [3.8, 4) is 11.5 Å². The maximum absolute atomic E-state index is 12.0. The number of aromatic amines is 1. The summed E-state index contributed by atoms with van der Waals surface area (Å²) in [5.41, 5.74) is 0.279. The number of nitrogens with one attached hydrogen (secondary N) is 2. The molecule has 2 aromatic rings. The van der Waals surface area contributed by atoms with Gasteiger partial charge in [0.1, 0.15) is 24.2 Å². The number of H-pyrrole nitrogens is 1. The van der Waals surface area contributed by atoms with Crippen LogP contribution in [0, 0.1) is 6.92 Å². The van der Waals surface area contributed by atoms with Crippen LogP contribution in [0.5, 0.6) is 11.5 Å². The van der Waals surface area contributed by atoms with Gasteiger partial charge in [0.05, 0.1) is 14.2 Å². The molecule has 0 saturated carbocycles. The molecule has 10 nitrogen and oxygen atoms in total. The zero-order valence-corrected chi connectivity index (χ0v) is 17.5. The molecule has 0 radical (unpaired) electrons. The number of amides is 1. The number of aromatic nitrogens is 2. The van der Waals surface area contributed by atoms with Crippen molar-refractivity contribution in [3.63, 3.8) is 0 Å². The number of aryl methyl sites for hydroxylation is 1. The summed E-state index contributed by atoms with van der Waals surface area (Å²) in [6, 6.07) is 5.46. The highest BCUT2D eigenvalue weighted by Crippen LogP contribution is 2.24. The highest BCUT2D eigenvalue weighted by molar-refractivity contribution is 5.67. The minimum absolute atomic E-state index is 0.0155. The fourth-order valence-corrected chi connectivity index (χ4v) is 3.10. The molecule has 2 N–H and O–H groups in total. The minimum atomic E-state index is -0.680.